The van der Waals surface area contributed by atoms with Gasteiger partial charge in [-0.15, -0.1) is 0 Å². The van der Waals surface area contributed by atoms with Gasteiger partial charge in [-0.05, 0) is 45.3 Å². The van der Waals surface area contributed by atoms with Gasteiger partial charge in [-0.1, -0.05) is 35.5 Å². The molecule has 2 N–H and O–H groups in total. The van der Waals surface area contributed by atoms with Crippen molar-refractivity contribution in [3.8, 4) is 0 Å². The average Bonchev–Trinajstić information content (AvgIpc) is 3.33. The average molecular weight is 356 g/mol. The van der Waals surface area contributed by atoms with Crippen LogP contribution in [0.25, 0.3) is 0 Å². The summed E-state index contributed by atoms with van der Waals surface area (Å²) in [6.07, 6.45) is 2.54. The second kappa shape index (κ2) is 9.33. The van der Waals surface area contributed by atoms with E-state index < -0.39 is 0 Å². The molecule has 1 aliphatic heterocycles. The standard InChI is InChI=1S/C19H28N6O/c1-3-20-19(22-14-18-23-15(2)24-26-18)21-13-17(25-11-7-8-12-25)16-9-5-4-6-10-16/h4-6,9-10,17H,3,7-8,11-14H2,1-2H3,(H2,20,21,22). The summed E-state index contributed by atoms with van der Waals surface area (Å²) in [5, 5.41) is 10.6. The van der Waals surface area contributed by atoms with Gasteiger partial charge in [0.2, 0.25) is 5.89 Å². The van der Waals surface area contributed by atoms with E-state index in [-0.39, 0.29) is 0 Å². The number of likely N-dealkylation sites (tertiary alicyclic amines) is 1. The van der Waals surface area contributed by atoms with E-state index in [9.17, 15) is 0 Å². The van der Waals surface area contributed by atoms with Gasteiger partial charge in [0.25, 0.3) is 0 Å². The van der Waals surface area contributed by atoms with Crippen molar-refractivity contribution in [2.75, 3.05) is 26.2 Å². The lowest BCUT2D eigenvalue weighted by Crippen LogP contribution is -2.42. The molecule has 0 radical (unpaired) electrons. The molecule has 0 saturated carbocycles. The molecule has 1 saturated heterocycles. The Morgan fingerprint density at radius 3 is 2.65 bits per heavy atom. The topological polar surface area (TPSA) is 78.6 Å². The first-order valence-electron chi connectivity index (χ1n) is 9.36. The number of aromatic nitrogens is 2. The summed E-state index contributed by atoms with van der Waals surface area (Å²) in [5.74, 6) is 1.92. The quantitative estimate of drug-likeness (QED) is 0.585. The molecular formula is C19H28N6O. The maximum atomic E-state index is 5.14. The van der Waals surface area contributed by atoms with Gasteiger partial charge < -0.3 is 15.2 Å². The largest absolute Gasteiger partial charge is 0.357 e. The van der Waals surface area contributed by atoms with Gasteiger partial charge in [0, 0.05) is 13.1 Å². The van der Waals surface area contributed by atoms with Crippen LogP contribution in [0.3, 0.4) is 0 Å². The van der Waals surface area contributed by atoms with Crippen LogP contribution in [0.2, 0.25) is 0 Å². The molecule has 1 unspecified atom stereocenters. The fourth-order valence-electron chi connectivity index (χ4n) is 3.27. The Morgan fingerprint density at radius 2 is 2.00 bits per heavy atom. The van der Waals surface area contributed by atoms with Crippen molar-refractivity contribution >= 4 is 5.96 Å². The molecule has 1 atom stereocenters. The van der Waals surface area contributed by atoms with E-state index in [0.717, 1.165) is 32.1 Å². The van der Waals surface area contributed by atoms with E-state index >= 15 is 0 Å². The van der Waals surface area contributed by atoms with Crippen LogP contribution < -0.4 is 10.6 Å². The fraction of sp³-hybridized carbons (Fsp3) is 0.526. The molecule has 3 rings (SSSR count). The first kappa shape index (κ1) is 18.4. The van der Waals surface area contributed by atoms with Gasteiger partial charge in [-0.3, -0.25) is 4.90 Å². The lowest BCUT2D eigenvalue weighted by atomic mass is 10.1. The van der Waals surface area contributed by atoms with E-state index in [2.05, 4.69) is 67.9 Å². The third-order valence-electron chi connectivity index (χ3n) is 4.51. The summed E-state index contributed by atoms with van der Waals surface area (Å²) in [6.45, 7) is 8.14. The zero-order chi connectivity index (χ0) is 18.2. The number of rotatable bonds is 7. The minimum atomic E-state index is 0.341. The number of aryl methyl sites for hydroxylation is 1. The third kappa shape index (κ3) is 5.05. The lowest BCUT2D eigenvalue weighted by molar-refractivity contribution is 0.245. The number of hydrogen-bond donors (Lipinski definition) is 2. The van der Waals surface area contributed by atoms with Crippen LogP contribution >= 0.6 is 0 Å². The first-order chi connectivity index (χ1) is 12.8. The molecule has 7 heteroatoms. The van der Waals surface area contributed by atoms with Crippen LogP contribution in [-0.4, -0.2) is 47.2 Å². The van der Waals surface area contributed by atoms with Crippen molar-refractivity contribution in [3.63, 3.8) is 0 Å². The molecule has 2 aromatic rings. The van der Waals surface area contributed by atoms with Crippen molar-refractivity contribution in [2.45, 2.75) is 39.3 Å². The minimum absolute atomic E-state index is 0.341. The van der Waals surface area contributed by atoms with Crippen LogP contribution in [0.5, 0.6) is 0 Å². The lowest BCUT2D eigenvalue weighted by Gasteiger charge is -2.28. The van der Waals surface area contributed by atoms with Gasteiger partial charge in [0.15, 0.2) is 11.8 Å². The van der Waals surface area contributed by atoms with E-state index in [1.807, 2.05) is 0 Å². The Labute approximate surface area is 154 Å². The predicted octanol–water partition coefficient (Wildman–Crippen LogP) is 2.27. The van der Waals surface area contributed by atoms with E-state index in [1.165, 1.54) is 18.4 Å². The monoisotopic (exact) mass is 356 g/mol. The summed E-state index contributed by atoms with van der Waals surface area (Å²) in [6, 6.07) is 11.0. The number of nitrogens with one attached hydrogen (secondary N) is 2. The molecule has 0 aliphatic carbocycles. The zero-order valence-corrected chi connectivity index (χ0v) is 15.6. The Kier molecular flexibility index (Phi) is 6.60. The Bertz CT molecular complexity index is 693. The van der Waals surface area contributed by atoms with Gasteiger partial charge in [-0.25, -0.2) is 4.99 Å². The molecule has 140 valence electrons. The molecule has 7 nitrogen and oxygen atoms in total. The molecule has 26 heavy (non-hydrogen) atoms. The molecule has 1 aromatic carbocycles. The number of guanidine groups is 1. The predicted molar refractivity (Wildman–Crippen MR) is 102 cm³/mol. The van der Waals surface area contributed by atoms with Crippen molar-refractivity contribution in [1.29, 1.82) is 0 Å². The molecule has 0 bridgehead atoms. The second-order valence-corrected chi connectivity index (χ2v) is 6.48. The van der Waals surface area contributed by atoms with Crippen molar-refractivity contribution < 1.29 is 4.52 Å². The SMILES string of the molecule is CCNC(=NCc1nc(C)no1)NCC(c1ccccc1)N1CCCC1. The molecule has 0 amide bonds. The van der Waals surface area contributed by atoms with E-state index in [1.54, 1.807) is 6.92 Å². The Hall–Kier alpha value is -2.41. The highest BCUT2D eigenvalue weighted by molar-refractivity contribution is 5.79. The summed E-state index contributed by atoms with van der Waals surface area (Å²) >= 11 is 0. The van der Waals surface area contributed by atoms with Crippen molar-refractivity contribution in [1.82, 2.24) is 25.7 Å². The van der Waals surface area contributed by atoms with Crippen molar-refractivity contribution in [2.24, 2.45) is 4.99 Å². The first-order valence-corrected chi connectivity index (χ1v) is 9.36. The summed E-state index contributed by atoms with van der Waals surface area (Å²) in [5.41, 5.74) is 1.34. The van der Waals surface area contributed by atoms with E-state index in [0.29, 0.717) is 24.3 Å². The van der Waals surface area contributed by atoms with Crippen LogP contribution in [0.4, 0.5) is 0 Å². The van der Waals surface area contributed by atoms with Gasteiger partial charge in [0.05, 0.1) is 6.04 Å². The molecule has 2 heterocycles. The van der Waals surface area contributed by atoms with Gasteiger partial charge in [-0.2, -0.15) is 4.98 Å². The molecular weight excluding hydrogens is 328 g/mol. The molecule has 1 fully saturated rings. The molecule has 1 aromatic heterocycles. The van der Waals surface area contributed by atoms with Crippen LogP contribution in [0.15, 0.2) is 39.8 Å². The Balaban J connectivity index is 1.66. The summed E-state index contributed by atoms with van der Waals surface area (Å²) < 4.78 is 5.14. The smallest absolute Gasteiger partial charge is 0.248 e. The van der Waals surface area contributed by atoms with E-state index in [4.69, 9.17) is 4.52 Å². The number of hydrogen-bond acceptors (Lipinski definition) is 5. The van der Waals surface area contributed by atoms with Crippen LogP contribution in [-0.2, 0) is 6.54 Å². The highest BCUT2D eigenvalue weighted by Crippen LogP contribution is 2.24. The Morgan fingerprint density at radius 1 is 1.23 bits per heavy atom. The maximum absolute atomic E-state index is 5.14. The highest BCUT2D eigenvalue weighted by Gasteiger charge is 2.23. The summed E-state index contributed by atoms with van der Waals surface area (Å²) in [4.78, 5) is 11.3. The number of benzene rings is 1. The molecule has 0 spiro atoms. The second-order valence-electron chi connectivity index (χ2n) is 6.48. The highest BCUT2D eigenvalue weighted by atomic mass is 16.5. The fourth-order valence-corrected chi connectivity index (χ4v) is 3.27. The normalized spacial score (nSPS) is 16.6. The summed E-state index contributed by atoms with van der Waals surface area (Å²) in [7, 11) is 0. The maximum Gasteiger partial charge on any atom is 0.248 e. The van der Waals surface area contributed by atoms with Crippen molar-refractivity contribution in [3.05, 3.63) is 47.6 Å². The number of nitrogens with zero attached hydrogens (tertiary/aromatic N) is 4. The minimum Gasteiger partial charge on any atom is -0.357 e. The van der Waals surface area contributed by atoms with Gasteiger partial charge in [0.1, 0.15) is 6.54 Å². The van der Waals surface area contributed by atoms with Crippen LogP contribution in [0.1, 0.15) is 43.1 Å². The van der Waals surface area contributed by atoms with Gasteiger partial charge >= 0.3 is 0 Å². The molecule has 1 aliphatic rings. The van der Waals surface area contributed by atoms with Crippen LogP contribution in [0, 0.1) is 6.92 Å². The zero-order valence-electron chi connectivity index (χ0n) is 15.6. The third-order valence-corrected chi connectivity index (χ3v) is 4.51. The number of aliphatic imine (C=N–C) groups is 1.